The number of carbonyl (C=O) groups excluding carboxylic acids is 2. The summed E-state index contributed by atoms with van der Waals surface area (Å²) in [4.78, 5) is 36.6. The van der Waals surface area contributed by atoms with Crippen LogP contribution in [0.25, 0.3) is 54.5 Å². The van der Waals surface area contributed by atoms with Crippen LogP contribution in [-0.4, -0.2) is 93.0 Å². The molecule has 0 radical (unpaired) electrons. The molecule has 50 heavy (non-hydrogen) atoms. The van der Waals surface area contributed by atoms with Crippen LogP contribution in [0.2, 0.25) is 0 Å². The van der Waals surface area contributed by atoms with Crippen LogP contribution in [0.1, 0.15) is 32.5 Å². The fourth-order valence-corrected chi connectivity index (χ4v) is 7.50. The van der Waals surface area contributed by atoms with Crippen LogP contribution in [0, 0.1) is 0 Å². The van der Waals surface area contributed by atoms with Crippen molar-refractivity contribution in [2.45, 2.75) is 37.2 Å². The van der Waals surface area contributed by atoms with E-state index in [1.807, 2.05) is 30.3 Å². The van der Waals surface area contributed by atoms with Gasteiger partial charge in [0.2, 0.25) is 0 Å². The number of hydrogen-bond acceptors (Lipinski definition) is 11. The smallest absolute Gasteiger partial charge is 0.276 e. The lowest BCUT2D eigenvalue weighted by Crippen LogP contribution is -2.56. The topological polar surface area (TPSA) is 214 Å². The number of aromatic hydroxyl groups is 2. The van der Waals surface area contributed by atoms with Crippen LogP contribution in [0.5, 0.6) is 11.5 Å². The number of aromatic amines is 1. The number of nitrogens with zero attached hydrogens (tertiary/aromatic N) is 3. The predicted molar refractivity (Wildman–Crippen MR) is 180 cm³/mol. The normalized spacial score (nSPS) is 22.6. The second-order valence-electron chi connectivity index (χ2n) is 12.7. The minimum absolute atomic E-state index is 0.0500. The van der Waals surface area contributed by atoms with Crippen molar-refractivity contribution in [3.8, 4) is 11.5 Å². The van der Waals surface area contributed by atoms with E-state index in [1.54, 1.807) is 18.3 Å². The highest BCUT2D eigenvalue weighted by Gasteiger charge is 2.47. The van der Waals surface area contributed by atoms with Gasteiger partial charge in [0.05, 0.1) is 45.3 Å². The number of nitrogens with one attached hydrogen (secondary N) is 2. The third-order valence-electron chi connectivity index (χ3n) is 9.80. The van der Waals surface area contributed by atoms with Crippen molar-refractivity contribution in [3.63, 3.8) is 0 Å². The van der Waals surface area contributed by atoms with Gasteiger partial charge in [-0.05, 0) is 42.0 Å². The molecule has 14 heteroatoms. The van der Waals surface area contributed by atoms with Crippen molar-refractivity contribution in [3.05, 3.63) is 89.6 Å². The van der Waals surface area contributed by atoms with Crippen LogP contribution in [0.3, 0.4) is 0 Å². The first kappa shape index (κ1) is 30.4. The Morgan fingerprint density at radius 3 is 2.34 bits per heavy atom. The van der Waals surface area contributed by atoms with Gasteiger partial charge < -0.3 is 44.9 Å². The van der Waals surface area contributed by atoms with E-state index in [0.717, 1.165) is 21.5 Å². The van der Waals surface area contributed by atoms with E-state index in [2.05, 4.69) is 15.4 Å². The zero-order valence-electron chi connectivity index (χ0n) is 26.0. The summed E-state index contributed by atoms with van der Waals surface area (Å²) in [6, 6.07) is 18.4. The van der Waals surface area contributed by atoms with E-state index < -0.39 is 49.1 Å². The maximum absolute atomic E-state index is 14.5. The highest BCUT2D eigenvalue weighted by atomic mass is 16.6. The fourth-order valence-electron chi connectivity index (χ4n) is 7.50. The van der Waals surface area contributed by atoms with Gasteiger partial charge in [0.15, 0.2) is 6.23 Å². The Morgan fingerprint density at radius 2 is 1.56 bits per heavy atom. The van der Waals surface area contributed by atoms with Crippen LogP contribution in [0.15, 0.2) is 72.9 Å². The molecule has 7 aromatic rings. The SMILES string of the molecule is O=C1c2c(c3c4ccc(O)cc4n([C@@H]4O[C@H](CO)[C@@H](O)[C@H](O)[C@H]4O)c3c3[nH]c4cc(O)ccc4c23)C(=O)N1NCc1cnc2ccccc2c1. The summed E-state index contributed by atoms with van der Waals surface area (Å²) in [6.45, 7) is -0.585. The lowest BCUT2D eigenvalue weighted by molar-refractivity contribution is -0.249. The number of phenolic OH excluding ortho intramolecular Hbond substituents is 2. The molecule has 1 fully saturated rings. The number of rotatable bonds is 5. The van der Waals surface area contributed by atoms with Gasteiger partial charge in [0, 0.05) is 51.8 Å². The number of carbonyl (C=O) groups is 2. The number of phenols is 2. The van der Waals surface area contributed by atoms with Crippen molar-refractivity contribution in [1.29, 1.82) is 0 Å². The molecule has 0 unspecified atom stereocenters. The van der Waals surface area contributed by atoms with Gasteiger partial charge in [0.1, 0.15) is 35.9 Å². The number of amides is 2. The Kier molecular flexibility index (Phi) is 6.67. The van der Waals surface area contributed by atoms with E-state index in [4.69, 9.17) is 4.74 Å². The summed E-state index contributed by atoms with van der Waals surface area (Å²) in [5.74, 6) is -1.48. The number of hydrazine groups is 1. The van der Waals surface area contributed by atoms with Gasteiger partial charge in [0.25, 0.3) is 11.8 Å². The summed E-state index contributed by atoms with van der Waals surface area (Å²) in [7, 11) is 0. The average molecular weight is 676 g/mol. The molecule has 2 amide bonds. The molecule has 8 N–H and O–H groups in total. The minimum atomic E-state index is -1.73. The van der Waals surface area contributed by atoms with Crippen molar-refractivity contribution >= 4 is 66.3 Å². The molecule has 14 nitrogen and oxygen atoms in total. The monoisotopic (exact) mass is 675 g/mol. The molecular formula is C36H29N5O9. The molecule has 4 aromatic carbocycles. The number of aromatic nitrogens is 3. The molecule has 252 valence electrons. The predicted octanol–water partition coefficient (Wildman–Crippen LogP) is 2.66. The molecule has 5 heterocycles. The summed E-state index contributed by atoms with van der Waals surface area (Å²) in [5.41, 5.74) is 6.00. The molecule has 5 atom stereocenters. The lowest BCUT2D eigenvalue weighted by Gasteiger charge is -2.41. The van der Waals surface area contributed by atoms with E-state index >= 15 is 0 Å². The zero-order valence-corrected chi connectivity index (χ0v) is 26.0. The number of para-hydroxylation sites is 1. The number of benzene rings is 4. The van der Waals surface area contributed by atoms with Crippen molar-refractivity contribution in [1.82, 2.24) is 25.0 Å². The fraction of sp³-hybridized carbons (Fsp3) is 0.194. The van der Waals surface area contributed by atoms with Gasteiger partial charge in [-0.3, -0.25) is 14.6 Å². The van der Waals surface area contributed by atoms with E-state index in [0.29, 0.717) is 32.6 Å². The number of hydrogen-bond donors (Lipinski definition) is 8. The number of aliphatic hydroxyl groups is 4. The van der Waals surface area contributed by atoms with Gasteiger partial charge in [-0.2, -0.15) is 0 Å². The van der Waals surface area contributed by atoms with Gasteiger partial charge in [-0.1, -0.05) is 18.2 Å². The zero-order chi connectivity index (χ0) is 34.6. The van der Waals surface area contributed by atoms with Gasteiger partial charge in [-0.15, -0.1) is 0 Å². The van der Waals surface area contributed by atoms with Gasteiger partial charge in [-0.25, -0.2) is 10.4 Å². The van der Waals surface area contributed by atoms with Gasteiger partial charge >= 0.3 is 0 Å². The standard InChI is InChI=1S/C36H29N5O9/c42-14-24-31(45)32(46)33(47)36(50-24)40-23-11-18(44)6-8-20(23)26-28-27(25-19-7-5-17(43)10-22(19)39-29(25)30(26)40)34(48)41(35(28)49)38-13-15-9-16-3-1-2-4-21(16)37-12-15/h1-12,24,31-33,36,38-39,42-47H,13-14H2/t24-,31-,32+,33-,36-/m1/s1. The largest absolute Gasteiger partial charge is 0.508 e. The Hall–Kier alpha value is -5.61. The maximum atomic E-state index is 14.5. The first-order chi connectivity index (χ1) is 24.2. The highest BCUT2D eigenvalue weighted by molar-refractivity contribution is 6.39. The first-order valence-electron chi connectivity index (χ1n) is 15.9. The lowest BCUT2D eigenvalue weighted by atomic mass is 9.96. The Balaban J connectivity index is 1.30. The van der Waals surface area contributed by atoms with E-state index in [-0.39, 0.29) is 40.2 Å². The molecule has 0 saturated carbocycles. The van der Waals surface area contributed by atoms with Crippen LogP contribution in [-0.2, 0) is 11.3 Å². The first-order valence-corrected chi connectivity index (χ1v) is 15.9. The molecule has 3 aromatic heterocycles. The van der Waals surface area contributed by atoms with Crippen molar-refractivity contribution in [2.24, 2.45) is 0 Å². The van der Waals surface area contributed by atoms with Crippen molar-refractivity contribution in [2.75, 3.05) is 6.61 Å². The van der Waals surface area contributed by atoms with E-state index in [1.165, 1.54) is 28.8 Å². The second-order valence-corrected chi connectivity index (χ2v) is 12.7. The Morgan fingerprint density at radius 1 is 0.840 bits per heavy atom. The molecule has 0 aliphatic carbocycles. The quantitative estimate of drug-likeness (QED) is 0.124. The summed E-state index contributed by atoms with van der Waals surface area (Å²) >= 11 is 0. The number of H-pyrrole nitrogens is 1. The minimum Gasteiger partial charge on any atom is -0.508 e. The Labute approximate surface area is 280 Å². The number of fused-ring (bicyclic) bond motifs is 11. The second kappa shape index (κ2) is 10.9. The highest BCUT2D eigenvalue weighted by Crippen LogP contribution is 2.48. The maximum Gasteiger partial charge on any atom is 0.276 e. The third-order valence-corrected chi connectivity index (χ3v) is 9.80. The van der Waals surface area contributed by atoms with E-state index in [9.17, 15) is 40.2 Å². The van der Waals surface area contributed by atoms with Crippen LogP contribution >= 0.6 is 0 Å². The molecule has 2 aliphatic rings. The summed E-state index contributed by atoms with van der Waals surface area (Å²) in [6.07, 6.45) is -6.12. The Bertz CT molecular complexity index is 2580. The van der Waals surface area contributed by atoms with Crippen LogP contribution < -0.4 is 5.43 Å². The molecule has 0 spiro atoms. The summed E-state index contributed by atoms with van der Waals surface area (Å²) in [5, 5.41) is 67.1. The molecule has 1 saturated heterocycles. The number of imide groups is 1. The van der Waals surface area contributed by atoms with Crippen LogP contribution in [0.4, 0.5) is 0 Å². The molecule has 9 rings (SSSR count). The number of pyridine rings is 1. The number of aliphatic hydroxyl groups excluding tert-OH is 4. The molecule has 0 bridgehead atoms. The van der Waals surface area contributed by atoms with Crippen molar-refractivity contribution < 1.29 is 45.0 Å². The average Bonchev–Trinajstić information content (AvgIpc) is 3.72. The molecule has 2 aliphatic heterocycles. The summed E-state index contributed by atoms with van der Waals surface area (Å²) < 4.78 is 7.50. The number of ether oxygens (including phenoxy) is 1. The molecular weight excluding hydrogens is 646 g/mol. The third kappa shape index (κ3) is 4.21.